The van der Waals surface area contributed by atoms with E-state index in [4.69, 9.17) is 4.74 Å². The van der Waals surface area contributed by atoms with Crippen LogP contribution in [0.5, 0.6) is 28.7 Å². The van der Waals surface area contributed by atoms with E-state index in [-0.39, 0.29) is 17.2 Å². The van der Waals surface area contributed by atoms with Crippen molar-refractivity contribution in [1.82, 2.24) is 0 Å². The lowest BCUT2D eigenvalue weighted by Crippen LogP contribution is -2.13. The van der Waals surface area contributed by atoms with Crippen LogP contribution in [-0.2, 0) is 0 Å². The van der Waals surface area contributed by atoms with E-state index in [1.54, 1.807) is 24.3 Å². The van der Waals surface area contributed by atoms with Crippen LogP contribution in [0, 0.1) is 34.6 Å². The summed E-state index contributed by atoms with van der Waals surface area (Å²) in [6.45, 7) is 9.62. The molecule has 0 heterocycles. The predicted octanol–water partition coefficient (Wildman–Crippen LogP) is 7.61. The molecule has 34 heavy (non-hydrogen) atoms. The van der Waals surface area contributed by atoms with Gasteiger partial charge >= 0.3 is 0 Å². The summed E-state index contributed by atoms with van der Waals surface area (Å²) in [6.07, 6.45) is 0. The fourth-order valence-corrected chi connectivity index (χ4v) is 4.05. The van der Waals surface area contributed by atoms with Crippen LogP contribution in [0.25, 0.3) is 0 Å². The second-order valence-electron chi connectivity index (χ2n) is 8.57. The van der Waals surface area contributed by atoms with E-state index in [2.05, 4.69) is 4.90 Å². The van der Waals surface area contributed by atoms with Crippen molar-refractivity contribution >= 4 is 17.1 Å². The van der Waals surface area contributed by atoms with Gasteiger partial charge in [-0.2, -0.15) is 0 Å². The second kappa shape index (κ2) is 9.02. The van der Waals surface area contributed by atoms with Crippen molar-refractivity contribution in [1.29, 1.82) is 0 Å². The predicted molar refractivity (Wildman–Crippen MR) is 136 cm³/mol. The molecular weight excluding hydrogens is 426 g/mol. The van der Waals surface area contributed by atoms with E-state index in [1.807, 2.05) is 77.1 Å². The van der Waals surface area contributed by atoms with Gasteiger partial charge in [-0.25, -0.2) is 0 Å². The quantitative estimate of drug-likeness (QED) is 0.289. The molecule has 0 unspecified atom stereocenters. The molecule has 0 bridgehead atoms. The molecule has 0 saturated carbocycles. The van der Waals surface area contributed by atoms with Gasteiger partial charge in [0.2, 0.25) is 0 Å². The number of benzene rings is 4. The molecule has 5 heteroatoms. The third kappa shape index (κ3) is 4.13. The molecule has 0 aliphatic rings. The van der Waals surface area contributed by atoms with Gasteiger partial charge in [0.1, 0.15) is 17.2 Å². The molecule has 174 valence electrons. The summed E-state index contributed by atoms with van der Waals surface area (Å²) in [5.41, 5.74) is 6.95. The Morgan fingerprint density at radius 1 is 0.588 bits per heavy atom. The Balaban J connectivity index is 1.90. The number of phenols is 3. The standard InChI is InChI=1S/C29H29NO4/c1-17-8-6-11-28(33)29(17)34-23-10-7-9-22(16-23)30(24-12-14-26(31)20(4)18(24)2)25-13-15-27(32)21(5)19(25)3/h6-16,31-33H,1-5H3. The van der Waals surface area contributed by atoms with Gasteiger partial charge < -0.3 is 25.0 Å². The molecule has 0 amide bonds. The summed E-state index contributed by atoms with van der Waals surface area (Å²) < 4.78 is 6.09. The molecular formula is C29H29NO4. The maximum absolute atomic E-state index is 10.3. The van der Waals surface area contributed by atoms with Crippen molar-refractivity contribution in [3.05, 3.63) is 94.5 Å². The van der Waals surface area contributed by atoms with Crippen molar-refractivity contribution in [3.63, 3.8) is 0 Å². The van der Waals surface area contributed by atoms with Gasteiger partial charge in [0.05, 0.1) is 0 Å². The van der Waals surface area contributed by atoms with E-state index < -0.39 is 0 Å². The normalized spacial score (nSPS) is 10.9. The second-order valence-corrected chi connectivity index (χ2v) is 8.57. The molecule has 4 aromatic rings. The van der Waals surface area contributed by atoms with E-state index in [0.717, 1.165) is 44.9 Å². The Bertz CT molecular complexity index is 1300. The highest BCUT2D eigenvalue weighted by Gasteiger charge is 2.21. The van der Waals surface area contributed by atoms with Crippen LogP contribution in [0.4, 0.5) is 17.1 Å². The SMILES string of the molecule is Cc1cccc(O)c1Oc1cccc(N(c2ccc(O)c(C)c2C)c2ccc(O)c(C)c2C)c1. The lowest BCUT2D eigenvalue weighted by molar-refractivity contribution is 0.409. The molecule has 0 fully saturated rings. The van der Waals surface area contributed by atoms with Crippen LogP contribution < -0.4 is 9.64 Å². The van der Waals surface area contributed by atoms with Crippen molar-refractivity contribution in [2.45, 2.75) is 34.6 Å². The average Bonchev–Trinajstić information content (AvgIpc) is 2.82. The number of rotatable bonds is 5. The minimum atomic E-state index is 0.0808. The van der Waals surface area contributed by atoms with Gasteiger partial charge in [-0.1, -0.05) is 18.2 Å². The maximum Gasteiger partial charge on any atom is 0.171 e. The molecule has 0 radical (unpaired) electrons. The van der Waals surface area contributed by atoms with E-state index in [0.29, 0.717) is 11.5 Å². The average molecular weight is 456 g/mol. The zero-order valence-electron chi connectivity index (χ0n) is 20.0. The molecule has 4 rings (SSSR count). The number of aryl methyl sites for hydroxylation is 1. The zero-order chi connectivity index (χ0) is 24.6. The van der Waals surface area contributed by atoms with E-state index in [9.17, 15) is 15.3 Å². The molecule has 0 atom stereocenters. The number of phenolic OH excluding ortho intramolecular Hbond substituents is 3. The molecule has 5 nitrogen and oxygen atoms in total. The summed E-state index contributed by atoms with van der Waals surface area (Å²) in [7, 11) is 0. The highest BCUT2D eigenvalue weighted by molar-refractivity contribution is 5.82. The summed E-state index contributed by atoms with van der Waals surface area (Å²) in [5.74, 6) is 1.56. The molecule has 0 aliphatic carbocycles. The number of aromatic hydroxyl groups is 3. The van der Waals surface area contributed by atoms with Crippen molar-refractivity contribution in [2.75, 3.05) is 4.90 Å². The van der Waals surface area contributed by atoms with Gasteiger partial charge in [0, 0.05) is 23.1 Å². The first-order chi connectivity index (χ1) is 16.2. The monoisotopic (exact) mass is 455 g/mol. The summed E-state index contributed by atoms with van der Waals surface area (Å²) in [6, 6.07) is 20.1. The van der Waals surface area contributed by atoms with Crippen molar-refractivity contribution < 1.29 is 20.1 Å². The number of ether oxygens (including phenoxy) is 1. The number of anilines is 3. The summed E-state index contributed by atoms with van der Waals surface area (Å²) >= 11 is 0. The molecule has 0 saturated heterocycles. The number of nitrogens with zero attached hydrogens (tertiary/aromatic N) is 1. The van der Waals surface area contributed by atoms with Crippen molar-refractivity contribution in [2.24, 2.45) is 0 Å². The topological polar surface area (TPSA) is 73.2 Å². The summed E-state index contributed by atoms with van der Waals surface area (Å²) in [5, 5.41) is 30.8. The smallest absolute Gasteiger partial charge is 0.171 e. The Morgan fingerprint density at radius 2 is 1.15 bits per heavy atom. The Kier molecular flexibility index (Phi) is 6.12. The fourth-order valence-electron chi connectivity index (χ4n) is 4.05. The van der Waals surface area contributed by atoms with Gasteiger partial charge in [0.25, 0.3) is 0 Å². The minimum Gasteiger partial charge on any atom is -0.508 e. The molecule has 4 aromatic carbocycles. The highest BCUT2D eigenvalue weighted by Crippen LogP contribution is 2.44. The molecule has 0 aliphatic heterocycles. The van der Waals surface area contributed by atoms with E-state index >= 15 is 0 Å². The summed E-state index contributed by atoms with van der Waals surface area (Å²) in [4.78, 5) is 2.09. The van der Waals surface area contributed by atoms with Crippen LogP contribution in [0.15, 0.2) is 66.7 Å². The molecule has 3 N–H and O–H groups in total. The maximum atomic E-state index is 10.3. The Labute approximate surface area is 200 Å². The van der Waals surface area contributed by atoms with Gasteiger partial charge in [-0.15, -0.1) is 0 Å². The van der Waals surface area contributed by atoms with Crippen LogP contribution in [0.1, 0.15) is 27.8 Å². The first-order valence-corrected chi connectivity index (χ1v) is 11.1. The lowest BCUT2D eigenvalue weighted by Gasteiger charge is -2.30. The van der Waals surface area contributed by atoms with Gasteiger partial charge in [-0.05, 0) is 105 Å². The molecule has 0 aromatic heterocycles. The van der Waals surface area contributed by atoms with E-state index in [1.165, 1.54) is 0 Å². The zero-order valence-corrected chi connectivity index (χ0v) is 20.0. The van der Waals surface area contributed by atoms with Gasteiger partial charge in [0.15, 0.2) is 11.5 Å². The van der Waals surface area contributed by atoms with Gasteiger partial charge in [-0.3, -0.25) is 0 Å². The largest absolute Gasteiger partial charge is 0.508 e. The van der Waals surface area contributed by atoms with Crippen LogP contribution in [-0.4, -0.2) is 15.3 Å². The minimum absolute atomic E-state index is 0.0808. The first kappa shape index (κ1) is 23.1. The highest BCUT2D eigenvalue weighted by atomic mass is 16.5. The first-order valence-electron chi connectivity index (χ1n) is 11.1. The lowest BCUT2D eigenvalue weighted by atomic mass is 10.0. The third-order valence-corrected chi connectivity index (χ3v) is 6.43. The Morgan fingerprint density at radius 3 is 1.71 bits per heavy atom. The third-order valence-electron chi connectivity index (χ3n) is 6.43. The number of para-hydroxylation sites is 1. The Hall–Kier alpha value is -4.12. The van der Waals surface area contributed by atoms with Crippen molar-refractivity contribution in [3.8, 4) is 28.7 Å². The number of hydrogen-bond donors (Lipinski definition) is 3. The van der Waals surface area contributed by atoms with Crippen LogP contribution >= 0.6 is 0 Å². The fraction of sp³-hybridized carbons (Fsp3) is 0.172. The number of hydrogen-bond acceptors (Lipinski definition) is 5. The van der Waals surface area contributed by atoms with Crippen LogP contribution in [0.3, 0.4) is 0 Å². The molecule has 0 spiro atoms. The van der Waals surface area contributed by atoms with Crippen LogP contribution in [0.2, 0.25) is 0 Å².